The average Bonchev–Trinajstić information content (AvgIpc) is 2.82. The van der Waals surface area contributed by atoms with Crippen molar-refractivity contribution in [1.82, 2.24) is 4.98 Å². The number of aryl methyl sites for hydroxylation is 1. The van der Waals surface area contributed by atoms with Gasteiger partial charge in [0.05, 0.1) is 17.7 Å². The summed E-state index contributed by atoms with van der Waals surface area (Å²) in [6, 6.07) is 5.86. The molecule has 0 amide bonds. The summed E-state index contributed by atoms with van der Waals surface area (Å²) >= 11 is 5.13. The molecule has 0 bridgehead atoms. The summed E-state index contributed by atoms with van der Waals surface area (Å²) in [5.41, 5.74) is 4.81. The summed E-state index contributed by atoms with van der Waals surface area (Å²) in [6.07, 6.45) is 2.70. The van der Waals surface area contributed by atoms with Crippen LogP contribution < -0.4 is 4.90 Å². The van der Waals surface area contributed by atoms with Gasteiger partial charge in [0, 0.05) is 28.2 Å². The molecule has 0 aliphatic heterocycles. The van der Waals surface area contributed by atoms with Crippen LogP contribution in [0.4, 0.5) is 5.69 Å². The number of carbonyl (C=O) groups is 1. The molecule has 1 aromatic heterocycles. The van der Waals surface area contributed by atoms with Gasteiger partial charge in [0.1, 0.15) is 0 Å². The summed E-state index contributed by atoms with van der Waals surface area (Å²) in [6.45, 7) is 2.81. The standard InChI is InChI=1S/C15H15BrN2O2S/c1-10-14(21-9-17-10)8-18(2)12-5-3-11(13(16)7-12)4-6-15(19)20/h3-7,9H,8H2,1-2H3,(H,19,20)/b6-4+. The highest BCUT2D eigenvalue weighted by Crippen LogP contribution is 2.26. The largest absolute Gasteiger partial charge is 0.478 e. The number of aromatic nitrogens is 1. The van der Waals surface area contributed by atoms with Crippen LogP contribution in [0.3, 0.4) is 0 Å². The van der Waals surface area contributed by atoms with Crippen molar-refractivity contribution in [2.75, 3.05) is 11.9 Å². The Labute approximate surface area is 135 Å². The fourth-order valence-electron chi connectivity index (χ4n) is 1.83. The number of anilines is 1. The second kappa shape index (κ2) is 6.87. The SMILES string of the molecule is Cc1ncsc1CN(C)c1ccc(/C=C/C(=O)O)c(Br)c1. The zero-order chi connectivity index (χ0) is 15.4. The number of halogens is 1. The molecule has 0 unspecified atom stereocenters. The van der Waals surface area contributed by atoms with E-state index in [1.807, 2.05) is 37.7 Å². The van der Waals surface area contributed by atoms with Crippen LogP contribution in [-0.4, -0.2) is 23.1 Å². The quantitative estimate of drug-likeness (QED) is 0.814. The van der Waals surface area contributed by atoms with E-state index in [-0.39, 0.29) is 0 Å². The monoisotopic (exact) mass is 366 g/mol. The van der Waals surface area contributed by atoms with Crippen molar-refractivity contribution >= 4 is 45.0 Å². The Bertz CT molecular complexity index is 682. The fraction of sp³-hybridized carbons (Fsp3) is 0.200. The second-order valence-electron chi connectivity index (χ2n) is 4.59. The highest BCUT2D eigenvalue weighted by molar-refractivity contribution is 9.10. The Hall–Kier alpha value is -1.66. The summed E-state index contributed by atoms with van der Waals surface area (Å²) in [5.74, 6) is -0.955. The van der Waals surface area contributed by atoms with E-state index < -0.39 is 5.97 Å². The van der Waals surface area contributed by atoms with Gasteiger partial charge in [0.25, 0.3) is 0 Å². The third kappa shape index (κ3) is 4.15. The molecule has 0 spiro atoms. The number of aliphatic carboxylic acids is 1. The Balaban J connectivity index is 2.15. The lowest BCUT2D eigenvalue weighted by Gasteiger charge is -2.19. The Morgan fingerprint density at radius 1 is 1.52 bits per heavy atom. The molecule has 0 saturated heterocycles. The maximum atomic E-state index is 10.6. The zero-order valence-electron chi connectivity index (χ0n) is 11.7. The summed E-state index contributed by atoms with van der Waals surface area (Å²) < 4.78 is 0.866. The van der Waals surface area contributed by atoms with Crippen molar-refractivity contribution in [3.8, 4) is 0 Å². The van der Waals surface area contributed by atoms with E-state index in [2.05, 4.69) is 25.8 Å². The summed E-state index contributed by atoms with van der Waals surface area (Å²) in [4.78, 5) is 18.2. The minimum atomic E-state index is -0.955. The second-order valence-corrected chi connectivity index (χ2v) is 6.39. The molecule has 0 aliphatic rings. The first-order chi connectivity index (χ1) is 9.97. The molecule has 0 aliphatic carbocycles. The Morgan fingerprint density at radius 3 is 2.86 bits per heavy atom. The summed E-state index contributed by atoms with van der Waals surface area (Å²) in [5, 5.41) is 8.66. The van der Waals surface area contributed by atoms with E-state index in [1.54, 1.807) is 17.4 Å². The molecule has 0 radical (unpaired) electrons. The van der Waals surface area contributed by atoms with Gasteiger partial charge in [0.2, 0.25) is 0 Å². The van der Waals surface area contributed by atoms with Crippen molar-refractivity contribution in [1.29, 1.82) is 0 Å². The Morgan fingerprint density at radius 2 is 2.29 bits per heavy atom. The fourth-order valence-corrected chi connectivity index (χ4v) is 3.16. The van der Waals surface area contributed by atoms with Gasteiger partial charge in [-0.25, -0.2) is 9.78 Å². The van der Waals surface area contributed by atoms with Crippen molar-refractivity contribution in [2.24, 2.45) is 0 Å². The lowest BCUT2D eigenvalue weighted by atomic mass is 10.2. The van der Waals surface area contributed by atoms with Gasteiger partial charge < -0.3 is 10.0 Å². The smallest absolute Gasteiger partial charge is 0.328 e. The highest BCUT2D eigenvalue weighted by Gasteiger charge is 2.08. The maximum absolute atomic E-state index is 10.6. The maximum Gasteiger partial charge on any atom is 0.328 e. The molecule has 0 atom stereocenters. The lowest BCUT2D eigenvalue weighted by Crippen LogP contribution is -2.16. The molecule has 4 nitrogen and oxygen atoms in total. The number of thiazole rings is 1. The molecule has 0 saturated carbocycles. The van der Waals surface area contributed by atoms with Crippen LogP contribution in [0.1, 0.15) is 16.1 Å². The van der Waals surface area contributed by atoms with Crippen LogP contribution in [0, 0.1) is 6.92 Å². The first-order valence-corrected chi connectivity index (χ1v) is 7.95. The van der Waals surface area contributed by atoms with Crippen molar-refractivity contribution < 1.29 is 9.90 Å². The van der Waals surface area contributed by atoms with Gasteiger partial charge >= 0.3 is 5.97 Å². The van der Waals surface area contributed by atoms with Crippen LogP contribution in [0.15, 0.2) is 34.3 Å². The van der Waals surface area contributed by atoms with Crippen molar-refractivity contribution in [3.05, 3.63) is 50.4 Å². The molecule has 1 heterocycles. The first kappa shape index (κ1) is 15.7. The molecule has 2 rings (SSSR count). The van der Waals surface area contributed by atoms with Crippen LogP contribution in [0.25, 0.3) is 6.08 Å². The molecule has 110 valence electrons. The third-order valence-corrected chi connectivity index (χ3v) is 4.66. The van der Waals surface area contributed by atoms with Crippen LogP contribution >= 0.6 is 27.3 Å². The predicted molar refractivity (Wildman–Crippen MR) is 89.8 cm³/mol. The molecule has 0 fully saturated rings. The van der Waals surface area contributed by atoms with Crippen LogP contribution in [-0.2, 0) is 11.3 Å². The topological polar surface area (TPSA) is 53.4 Å². The van der Waals surface area contributed by atoms with Gasteiger partial charge in [0.15, 0.2) is 0 Å². The minimum absolute atomic E-state index is 0.799. The van der Waals surface area contributed by atoms with Crippen LogP contribution in [0.2, 0.25) is 0 Å². The molecule has 21 heavy (non-hydrogen) atoms. The third-order valence-electron chi connectivity index (χ3n) is 3.06. The molecular weight excluding hydrogens is 352 g/mol. The van der Waals surface area contributed by atoms with Gasteiger partial charge in [-0.1, -0.05) is 22.0 Å². The molecular formula is C15H15BrN2O2S. The van der Waals surface area contributed by atoms with Crippen molar-refractivity contribution in [2.45, 2.75) is 13.5 Å². The predicted octanol–water partition coefficient (Wildman–Crippen LogP) is 3.95. The van der Waals surface area contributed by atoms with E-state index >= 15 is 0 Å². The zero-order valence-corrected chi connectivity index (χ0v) is 14.1. The number of benzene rings is 1. The van der Waals surface area contributed by atoms with Gasteiger partial charge in [-0.05, 0) is 30.7 Å². The lowest BCUT2D eigenvalue weighted by molar-refractivity contribution is -0.131. The Kier molecular flexibility index (Phi) is 5.14. The minimum Gasteiger partial charge on any atom is -0.478 e. The van der Waals surface area contributed by atoms with Crippen LogP contribution in [0.5, 0.6) is 0 Å². The van der Waals surface area contributed by atoms with E-state index in [0.29, 0.717) is 0 Å². The van der Waals surface area contributed by atoms with Gasteiger partial charge in [-0.15, -0.1) is 11.3 Å². The van der Waals surface area contributed by atoms with E-state index in [1.165, 1.54) is 4.88 Å². The summed E-state index contributed by atoms with van der Waals surface area (Å²) in [7, 11) is 2.02. The highest BCUT2D eigenvalue weighted by atomic mass is 79.9. The van der Waals surface area contributed by atoms with E-state index in [9.17, 15) is 4.79 Å². The number of hydrogen-bond donors (Lipinski definition) is 1. The molecule has 2 aromatic rings. The first-order valence-electron chi connectivity index (χ1n) is 6.28. The van der Waals surface area contributed by atoms with E-state index in [4.69, 9.17) is 5.11 Å². The molecule has 6 heteroatoms. The van der Waals surface area contributed by atoms with Crippen molar-refractivity contribution in [3.63, 3.8) is 0 Å². The number of nitrogens with zero attached hydrogens (tertiary/aromatic N) is 2. The van der Waals surface area contributed by atoms with Gasteiger partial charge in [-0.2, -0.15) is 0 Å². The number of carboxylic acid groups (broad SMARTS) is 1. The molecule has 1 aromatic carbocycles. The number of hydrogen-bond acceptors (Lipinski definition) is 4. The number of rotatable bonds is 5. The van der Waals surface area contributed by atoms with Gasteiger partial charge in [-0.3, -0.25) is 0 Å². The van der Waals surface area contributed by atoms with E-state index in [0.717, 1.165) is 34.0 Å². The molecule has 1 N–H and O–H groups in total. The number of carboxylic acids is 1. The normalized spacial score (nSPS) is 11.0. The average molecular weight is 367 g/mol.